The van der Waals surface area contributed by atoms with E-state index in [1.54, 1.807) is 0 Å². The molecule has 1 unspecified atom stereocenters. The molecule has 1 nitrogen and oxygen atoms in total. The van der Waals surface area contributed by atoms with Crippen molar-refractivity contribution >= 4 is 27.3 Å². The number of benzene rings is 1. The summed E-state index contributed by atoms with van der Waals surface area (Å²) in [6.45, 7) is 2.61. The maximum absolute atomic E-state index is 13.8. The van der Waals surface area contributed by atoms with Crippen molar-refractivity contribution in [2.75, 3.05) is 6.54 Å². The molecule has 0 spiro atoms. The van der Waals surface area contributed by atoms with Crippen molar-refractivity contribution in [1.82, 2.24) is 5.32 Å². The van der Waals surface area contributed by atoms with Crippen LogP contribution in [0, 0.1) is 11.6 Å². The summed E-state index contributed by atoms with van der Waals surface area (Å²) in [6, 6.07) is 5.11. The number of halogens is 3. The predicted octanol–water partition coefficient (Wildman–Crippen LogP) is 4.49. The monoisotopic (exact) mass is 331 g/mol. The van der Waals surface area contributed by atoms with Crippen molar-refractivity contribution in [2.24, 2.45) is 0 Å². The molecule has 0 aliphatic heterocycles. The molecule has 0 bridgehead atoms. The van der Waals surface area contributed by atoms with Crippen molar-refractivity contribution in [1.29, 1.82) is 0 Å². The Morgan fingerprint density at radius 2 is 2.11 bits per heavy atom. The molecule has 0 saturated carbocycles. The third-order valence-corrected chi connectivity index (χ3v) is 4.52. The first-order valence-corrected chi connectivity index (χ1v) is 7.22. The van der Waals surface area contributed by atoms with Crippen LogP contribution in [-0.4, -0.2) is 6.54 Å². The van der Waals surface area contributed by atoms with Crippen LogP contribution < -0.4 is 5.32 Å². The molecule has 2 aromatic rings. The minimum atomic E-state index is -0.429. The Bertz CT molecular complexity index is 542. The van der Waals surface area contributed by atoms with Crippen LogP contribution in [0.1, 0.15) is 23.4 Å². The lowest BCUT2D eigenvalue weighted by Gasteiger charge is -2.18. The van der Waals surface area contributed by atoms with Crippen LogP contribution in [0.3, 0.4) is 0 Å². The van der Waals surface area contributed by atoms with E-state index in [1.807, 2.05) is 18.4 Å². The lowest BCUT2D eigenvalue weighted by atomic mass is 10.0. The van der Waals surface area contributed by atoms with E-state index in [0.29, 0.717) is 12.1 Å². The molecule has 1 atom stereocenters. The van der Waals surface area contributed by atoms with Crippen LogP contribution >= 0.6 is 27.3 Å². The van der Waals surface area contributed by atoms with Crippen LogP contribution in [0.25, 0.3) is 0 Å². The SMILES string of the molecule is CCNC(c1cc(F)ccc1F)c1sccc1Br. The van der Waals surface area contributed by atoms with Crippen molar-refractivity contribution < 1.29 is 8.78 Å². The summed E-state index contributed by atoms with van der Waals surface area (Å²) >= 11 is 4.94. The molecule has 2 rings (SSSR count). The van der Waals surface area contributed by atoms with Gasteiger partial charge in [0.1, 0.15) is 11.6 Å². The Morgan fingerprint density at radius 1 is 1.33 bits per heavy atom. The fourth-order valence-corrected chi connectivity index (χ4v) is 3.49. The van der Waals surface area contributed by atoms with Crippen molar-refractivity contribution in [2.45, 2.75) is 13.0 Å². The summed E-state index contributed by atoms with van der Waals surface area (Å²) < 4.78 is 28.0. The first-order chi connectivity index (χ1) is 8.63. The predicted molar refractivity (Wildman–Crippen MR) is 73.9 cm³/mol. The second-order valence-electron chi connectivity index (χ2n) is 3.79. The van der Waals surface area contributed by atoms with E-state index >= 15 is 0 Å². The summed E-state index contributed by atoms with van der Waals surface area (Å²) in [5.74, 6) is -0.829. The largest absolute Gasteiger partial charge is 0.306 e. The number of hydrogen-bond acceptors (Lipinski definition) is 2. The van der Waals surface area contributed by atoms with Gasteiger partial charge in [-0.15, -0.1) is 11.3 Å². The highest BCUT2D eigenvalue weighted by molar-refractivity contribution is 9.10. The Labute approximate surface area is 117 Å². The number of thiophene rings is 1. The fraction of sp³-hybridized carbons (Fsp3) is 0.231. The molecule has 0 radical (unpaired) electrons. The lowest BCUT2D eigenvalue weighted by Crippen LogP contribution is -2.22. The van der Waals surface area contributed by atoms with E-state index in [2.05, 4.69) is 21.2 Å². The van der Waals surface area contributed by atoms with Gasteiger partial charge in [-0.25, -0.2) is 8.78 Å². The van der Waals surface area contributed by atoms with Gasteiger partial charge in [-0.05, 0) is 52.1 Å². The molecule has 5 heteroatoms. The number of hydrogen-bond donors (Lipinski definition) is 1. The van der Waals surface area contributed by atoms with Gasteiger partial charge < -0.3 is 5.32 Å². The summed E-state index contributed by atoms with van der Waals surface area (Å²) in [5.41, 5.74) is 0.333. The molecule has 1 aromatic carbocycles. The average molecular weight is 332 g/mol. The van der Waals surface area contributed by atoms with Gasteiger partial charge >= 0.3 is 0 Å². The van der Waals surface area contributed by atoms with E-state index in [-0.39, 0.29) is 6.04 Å². The van der Waals surface area contributed by atoms with Gasteiger partial charge in [0.2, 0.25) is 0 Å². The summed E-state index contributed by atoms with van der Waals surface area (Å²) in [6.07, 6.45) is 0. The summed E-state index contributed by atoms with van der Waals surface area (Å²) in [5, 5.41) is 5.10. The first-order valence-electron chi connectivity index (χ1n) is 5.54. The van der Waals surface area contributed by atoms with Crippen molar-refractivity contribution in [3.05, 3.63) is 56.2 Å². The summed E-state index contributed by atoms with van der Waals surface area (Å²) in [7, 11) is 0. The van der Waals surface area contributed by atoms with Crippen molar-refractivity contribution in [3.63, 3.8) is 0 Å². The van der Waals surface area contributed by atoms with Crippen LogP contribution in [0.5, 0.6) is 0 Å². The van der Waals surface area contributed by atoms with E-state index < -0.39 is 11.6 Å². The smallest absolute Gasteiger partial charge is 0.128 e. The van der Waals surface area contributed by atoms with Gasteiger partial charge in [-0.1, -0.05) is 6.92 Å². The maximum Gasteiger partial charge on any atom is 0.128 e. The highest BCUT2D eigenvalue weighted by Gasteiger charge is 2.21. The Morgan fingerprint density at radius 3 is 2.72 bits per heavy atom. The third kappa shape index (κ3) is 2.79. The molecule has 1 aromatic heterocycles. The first kappa shape index (κ1) is 13.6. The van der Waals surface area contributed by atoms with Gasteiger partial charge in [0.25, 0.3) is 0 Å². The molecule has 0 aliphatic carbocycles. The zero-order valence-corrected chi connectivity index (χ0v) is 12.1. The molecule has 0 saturated heterocycles. The standard InChI is InChI=1S/C13H12BrF2NS/c1-2-17-12(13-10(14)5-6-18-13)9-7-8(15)3-4-11(9)16/h3-7,12,17H,2H2,1H3. The zero-order chi connectivity index (χ0) is 13.1. The van der Waals surface area contributed by atoms with E-state index in [9.17, 15) is 8.78 Å². The minimum absolute atomic E-state index is 0.333. The molecule has 0 amide bonds. The molecule has 0 fully saturated rings. The van der Waals surface area contributed by atoms with Gasteiger partial charge in [0.05, 0.1) is 6.04 Å². The van der Waals surface area contributed by atoms with Gasteiger partial charge in [-0.2, -0.15) is 0 Å². The Kier molecular flexibility index (Phi) is 4.48. The molecule has 1 heterocycles. The topological polar surface area (TPSA) is 12.0 Å². The van der Waals surface area contributed by atoms with E-state index in [4.69, 9.17) is 0 Å². The van der Waals surface area contributed by atoms with Gasteiger partial charge in [-0.3, -0.25) is 0 Å². The van der Waals surface area contributed by atoms with Crippen molar-refractivity contribution in [3.8, 4) is 0 Å². The minimum Gasteiger partial charge on any atom is -0.306 e. The van der Waals surface area contributed by atoms with Crippen LogP contribution in [0.2, 0.25) is 0 Å². The molecular formula is C13H12BrF2NS. The lowest BCUT2D eigenvalue weighted by molar-refractivity contribution is 0.547. The summed E-state index contributed by atoms with van der Waals surface area (Å²) in [4.78, 5) is 0.946. The molecule has 96 valence electrons. The molecule has 1 N–H and O–H groups in total. The maximum atomic E-state index is 13.8. The Hall–Kier alpha value is -0.780. The number of rotatable bonds is 4. The van der Waals surface area contributed by atoms with Crippen LogP contribution in [0.15, 0.2) is 34.1 Å². The normalized spacial score (nSPS) is 12.7. The zero-order valence-electron chi connectivity index (χ0n) is 9.71. The van der Waals surface area contributed by atoms with Crippen LogP contribution in [-0.2, 0) is 0 Å². The Balaban J connectivity index is 2.48. The van der Waals surface area contributed by atoms with Gasteiger partial charge in [0, 0.05) is 14.9 Å². The second kappa shape index (κ2) is 5.91. The quantitative estimate of drug-likeness (QED) is 0.870. The van der Waals surface area contributed by atoms with Crippen LogP contribution in [0.4, 0.5) is 8.78 Å². The highest BCUT2D eigenvalue weighted by Crippen LogP contribution is 2.34. The van der Waals surface area contributed by atoms with Gasteiger partial charge in [0.15, 0.2) is 0 Å². The molecule has 0 aliphatic rings. The second-order valence-corrected chi connectivity index (χ2v) is 5.59. The molecular weight excluding hydrogens is 320 g/mol. The third-order valence-electron chi connectivity index (χ3n) is 2.58. The molecule has 18 heavy (non-hydrogen) atoms. The highest BCUT2D eigenvalue weighted by atomic mass is 79.9. The fourth-order valence-electron chi connectivity index (χ4n) is 1.80. The van der Waals surface area contributed by atoms with E-state index in [0.717, 1.165) is 21.5 Å². The van der Waals surface area contributed by atoms with E-state index in [1.165, 1.54) is 17.4 Å². The number of nitrogens with one attached hydrogen (secondary N) is 1. The average Bonchev–Trinajstić information content (AvgIpc) is 2.76.